The number of aryl methyl sites for hydroxylation is 1. The van der Waals surface area contributed by atoms with Gasteiger partial charge in [0, 0.05) is 24.6 Å². The summed E-state index contributed by atoms with van der Waals surface area (Å²) in [6, 6.07) is 9.30. The van der Waals surface area contributed by atoms with Crippen molar-refractivity contribution in [1.82, 2.24) is 14.5 Å². The third-order valence-electron chi connectivity index (χ3n) is 5.27. The summed E-state index contributed by atoms with van der Waals surface area (Å²) in [5.74, 6) is 7.71. The van der Waals surface area contributed by atoms with E-state index in [1.165, 1.54) is 18.9 Å². The van der Waals surface area contributed by atoms with Gasteiger partial charge in [0.25, 0.3) is 11.5 Å². The van der Waals surface area contributed by atoms with Crippen LogP contribution in [-0.4, -0.2) is 40.1 Å². The number of carbonyl (C=O) groups excluding carboxylic acids is 1. The van der Waals surface area contributed by atoms with Gasteiger partial charge in [0.05, 0.1) is 12.6 Å². The molecule has 1 aromatic carbocycles. The van der Waals surface area contributed by atoms with Crippen LogP contribution in [-0.2, 0) is 11.3 Å². The molecule has 2 heterocycles. The molecule has 150 valence electrons. The number of aromatic nitrogens is 2. The zero-order chi connectivity index (χ0) is 20.2. The fourth-order valence-corrected chi connectivity index (χ4v) is 3.34. The second-order valence-corrected chi connectivity index (χ2v) is 7.68. The molecule has 2 aliphatic rings. The van der Waals surface area contributed by atoms with Gasteiger partial charge < -0.3 is 9.64 Å². The lowest BCUT2D eigenvalue weighted by molar-refractivity contribution is -0.132. The van der Waals surface area contributed by atoms with Crippen molar-refractivity contribution in [3.05, 3.63) is 57.6 Å². The minimum Gasteiger partial charge on any atom is -0.467 e. The molecule has 29 heavy (non-hydrogen) atoms. The maximum Gasteiger partial charge on any atom is 0.260 e. The molecule has 0 radical (unpaired) electrons. The highest BCUT2D eigenvalue weighted by molar-refractivity contribution is 5.77. The number of likely N-dealkylation sites (tertiary alicyclic amines) is 1. The predicted molar refractivity (Wildman–Crippen MR) is 110 cm³/mol. The zero-order valence-corrected chi connectivity index (χ0v) is 16.7. The third-order valence-corrected chi connectivity index (χ3v) is 5.27. The summed E-state index contributed by atoms with van der Waals surface area (Å²) in [4.78, 5) is 30.8. The fourth-order valence-electron chi connectivity index (χ4n) is 3.34. The Bertz CT molecular complexity index is 1000. The average molecular weight is 391 g/mol. The Balaban J connectivity index is 1.39. The normalized spacial score (nSPS) is 15.7. The van der Waals surface area contributed by atoms with Crippen LogP contribution in [0.5, 0.6) is 5.88 Å². The molecule has 2 aromatic rings. The quantitative estimate of drug-likeness (QED) is 0.734. The second-order valence-electron chi connectivity index (χ2n) is 7.68. The van der Waals surface area contributed by atoms with Crippen LogP contribution in [0.3, 0.4) is 0 Å². The highest BCUT2D eigenvalue weighted by Crippen LogP contribution is 2.27. The molecule has 4 rings (SSSR count). The van der Waals surface area contributed by atoms with Crippen LogP contribution < -0.4 is 10.3 Å². The lowest BCUT2D eigenvalue weighted by atomic mass is 10.1. The summed E-state index contributed by atoms with van der Waals surface area (Å²) in [5, 5.41) is 0. The van der Waals surface area contributed by atoms with E-state index in [2.05, 4.69) is 16.8 Å². The van der Waals surface area contributed by atoms with Gasteiger partial charge >= 0.3 is 0 Å². The molecule has 2 fully saturated rings. The second kappa shape index (κ2) is 8.52. The Morgan fingerprint density at radius 3 is 2.59 bits per heavy atom. The number of rotatable bonds is 5. The highest BCUT2D eigenvalue weighted by atomic mass is 16.5. The summed E-state index contributed by atoms with van der Waals surface area (Å²) in [7, 11) is 0. The number of nitrogens with zero attached hydrogens (tertiary/aromatic N) is 3. The van der Waals surface area contributed by atoms with E-state index in [1.54, 1.807) is 16.4 Å². The Hall–Kier alpha value is -3.07. The van der Waals surface area contributed by atoms with Crippen molar-refractivity contribution in [1.29, 1.82) is 0 Å². The van der Waals surface area contributed by atoms with Gasteiger partial charge in [0.2, 0.25) is 5.88 Å². The Kier molecular flexibility index (Phi) is 5.66. The van der Waals surface area contributed by atoms with Gasteiger partial charge in [-0.1, -0.05) is 24.0 Å². The van der Waals surface area contributed by atoms with Crippen LogP contribution in [0.1, 0.15) is 42.6 Å². The molecule has 0 atom stereocenters. The van der Waals surface area contributed by atoms with Crippen LogP contribution in [0, 0.1) is 24.7 Å². The monoisotopic (exact) mass is 391 g/mol. The first kappa shape index (κ1) is 19.3. The highest BCUT2D eigenvalue weighted by Gasteiger charge is 2.19. The molecular weight excluding hydrogens is 366 g/mol. The minimum absolute atomic E-state index is 0.0593. The maximum atomic E-state index is 12.5. The Morgan fingerprint density at radius 1 is 1.21 bits per heavy atom. The summed E-state index contributed by atoms with van der Waals surface area (Å²) in [6.45, 7) is 3.68. The zero-order valence-electron chi connectivity index (χ0n) is 16.7. The number of hydrogen-bond acceptors (Lipinski definition) is 4. The third kappa shape index (κ3) is 5.05. The number of amides is 1. The molecule has 1 aliphatic carbocycles. The first-order valence-electron chi connectivity index (χ1n) is 10.2. The van der Waals surface area contributed by atoms with E-state index in [9.17, 15) is 9.59 Å². The topological polar surface area (TPSA) is 64.4 Å². The van der Waals surface area contributed by atoms with Crippen LogP contribution in [0.25, 0.3) is 0 Å². The standard InChI is InChI=1S/C23H25N3O3/c1-17-24-21(29-16-23(28)25-12-2-3-13-25)14-22(27)26(17)15-20-10-8-19(9-11-20)7-6-18-4-5-18/h8-11,14,18H,2-5,12-13,15-16H2,1H3. The van der Waals surface area contributed by atoms with Crippen LogP contribution in [0.2, 0.25) is 0 Å². The van der Waals surface area contributed by atoms with Gasteiger partial charge in [-0.2, -0.15) is 0 Å². The van der Waals surface area contributed by atoms with Gasteiger partial charge in [0.15, 0.2) is 6.61 Å². The molecule has 1 aliphatic heterocycles. The van der Waals surface area contributed by atoms with Gasteiger partial charge in [-0.3, -0.25) is 14.2 Å². The molecule has 0 spiro atoms. The van der Waals surface area contributed by atoms with Crippen molar-refractivity contribution in [2.75, 3.05) is 19.7 Å². The predicted octanol–water partition coefficient (Wildman–Crippen LogP) is 2.36. The molecule has 1 saturated carbocycles. The summed E-state index contributed by atoms with van der Waals surface area (Å²) >= 11 is 0. The van der Waals surface area contributed by atoms with Crippen molar-refractivity contribution >= 4 is 5.91 Å². The van der Waals surface area contributed by atoms with Gasteiger partial charge in [0.1, 0.15) is 5.82 Å². The number of ether oxygens (including phenoxy) is 1. The van der Waals surface area contributed by atoms with Crippen molar-refractivity contribution in [2.24, 2.45) is 5.92 Å². The smallest absolute Gasteiger partial charge is 0.260 e. The van der Waals surface area contributed by atoms with Crippen molar-refractivity contribution < 1.29 is 9.53 Å². The molecular formula is C23H25N3O3. The van der Waals surface area contributed by atoms with E-state index in [1.807, 2.05) is 24.3 Å². The lowest BCUT2D eigenvalue weighted by Gasteiger charge is -2.16. The Labute approximate surface area is 170 Å². The molecule has 1 aromatic heterocycles. The number of carbonyl (C=O) groups is 1. The minimum atomic E-state index is -0.196. The summed E-state index contributed by atoms with van der Waals surface area (Å²) in [5.41, 5.74) is 1.81. The van der Waals surface area contributed by atoms with Crippen LogP contribution in [0.15, 0.2) is 35.1 Å². The maximum absolute atomic E-state index is 12.5. The van der Waals surface area contributed by atoms with Crippen LogP contribution in [0.4, 0.5) is 0 Å². The molecule has 1 saturated heterocycles. The van der Waals surface area contributed by atoms with Crippen LogP contribution >= 0.6 is 0 Å². The van der Waals surface area contributed by atoms with Gasteiger partial charge in [-0.05, 0) is 50.3 Å². The molecule has 0 N–H and O–H groups in total. The van der Waals surface area contributed by atoms with E-state index in [0.717, 1.165) is 37.1 Å². The molecule has 6 heteroatoms. The fraction of sp³-hybridized carbons (Fsp3) is 0.435. The van der Waals surface area contributed by atoms with E-state index < -0.39 is 0 Å². The SMILES string of the molecule is Cc1nc(OCC(=O)N2CCCC2)cc(=O)n1Cc1ccc(C#CC2CC2)cc1. The molecule has 0 bridgehead atoms. The van der Waals surface area contributed by atoms with E-state index >= 15 is 0 Å². The first-order chi connectivity index (χ1) is 14.1. The summed E-state index contributed by atoms with van der Waals surface area (Å²) in [6.07, 6.45) is 4.50. The Morgan fingerprint density at radius 2 is 1.93 bits per heavy atom. The largest absolute Gasteiger partial charge is 0.467 e. The summed E-state index contributed by atoms with van der Waals surface area (Å²) < 4.78 is 7.08. The molecule has 6 nitrogen and oxygen atoms in total. The van der Waals surface area contributed by atoms with Crippen molar-refractivity contribution in [2.45, 2.75) is 39.2 Å². The van der Waals surface area contributed by atoms with E-state index in [-0.39, 0.29) is 24.0 Å². The first-order valence-corrected chi connectivity index (χ1v) is 10.2. The molecule has 1 amide bonds. The number of hydrogen-bond donors (Lipinski definition) is 0. The van der Waals surface area contributed by atoms with Gasteiger partial charge in [-0.25, -0.2) is 4.98 Å². The molecule has 0 unspecified atom stereocenters. The van der Waals surface area contributed by atoms with Gasteiger partial charge in [-0.15, -0.1) is 0 Å². The van der Waals surface area contributed by atoms with E-state index in [0.29, 0.717) is 18.3 Å². The van der Waals surface area contributed by atoms with Crippen molar-refractivity contribution in [3.8, 4) is 17.7 Å². The number of benzene rings is 1. The average Bonchev–Trinajstić information content (AvgIpc) is 3.38. The van der Waals surface area contributed by atoms with Crippen molar-refractivity contribution in [3.63, 3.8) is 0 Å². The van der Waals surface area contributed by atoms with E-state index in [4.69, 9.17) is 4.74 Å². The lowest BCUT2D eigenvalue weighted by Crippen LogP contribution is -2.32.